The van der Waals surface area contributed by atoms with E-state index in [0.717, 1.165) is 42.2 Å². The highest BCUT2D eigenvalue weighted by atomic mass is 15.0. The number of hydrogen-bond acceptors (Lipinski definition) is 4. The summed E-state index contributed by atoms with van der Waals surface area (Å²) in [5, 5.41) is 3.38. The van der Waals surface area contributed by atoms with Gasteiger partial charge in [-0.25, -0.2) is 9.97 Å². The van der Waals surface area contributed by atoms with Gasteiger partial charge >= 0.3 is 0 Å². The largest absolute Gasteiger partial charge is 0.382 e. The van der Waals surface area contributed by atoms with Crippen LogP contribution in [-0.4, -0.2) is 23.1 Å². The van der Waals surface area contributed by atoms with E-state index in [4.69, 9.17) is 5.73 Å². The van der Waals surface area contributed by atoms with Crippen molar-refractivity contribution in [1.29, 1.82) is 0 Å². The first-order valence-electron chi connectivity index (χ1n) is 7.11. The Morgan fingerprint density at radius 2 is 2.15 bits per heavy atom. The molecule has 0 fully saturated rings. The highest BCUT2D eigenvalue weighted by Crippen LogP contribution is 2.26. The second kappa shape index (κ2) is 7.01. The molecule has 0 aliphatic heterocycles. The zero-order valence-electron chi connectivity index (χ0n) is 12.2. The van der Waals surface area contributed by atoms with Gasteiger partial charge in [0.15, 0.2) is 0 Å². The molecule has 0 bridgehead atoms. The Hall–Kier alpha value is -1.94. The monoisotopic (exact) mass is 270 g/mol. The summed E-state index contributed by atoms with van der Waals surface area (Å²) in [6.07, 6.45) is 3.64. The summed E-state index contributed by atoms with van der Waals surface area (Å²) in [5.74, 6) is 0.867. The first-order chi connectivity index (χ1) is 9.74. The van der Waals surface area contributed by atoms with Crippen molar-refractivity contribution >= 4 is 5.69 Å². The van der Waals surface area contributed by atoms with E-state index in [1.807, 2.05) is 6.20 Å². The maximum absolute atomic E-state index is 5.54. The normalized spacial score (nSPS) is 10.6. The molecule has 1 heterocycles. The van der Waals surface area contributed by atoms with Gasteiger partial charge in [0.05, 0.1) is 17.6 Å². The molecule has 4 heteroatoms. The van der Waals surface area contributed by atoms with E-state index in [2.05, 4.69) is 53.4 Å². The lowest BCUT2D eigenvalue weighted by atomic mass is 10.1. The first kappa shape index (κ1) is 14.5. The fourth-order valence-corrected chi connectivity index (χ4v) is 2.06. The Morgan fingerprint density at radius 1 is 1.30 bits per heavy atom. The van der Waals surface area contributed by atoms with Crippen LogP contribution in [0.4, 0.5) is 5.69 Å². The van der Waals surface area contributed by atoms with Crippen molar-refractivity contribution in [2.24, 2.45) is 5.73 Å². The number of aryl methyl sites for hydroxylation is 2. The van der Waals surface area contributed by atoms with Crippen LogP contribution in [0.3, 0.4) is 0 Å². The molecule has 4 nitrogen and oxygen atoms in total. The van der Waals surface area contributed by atoms with Gasteiger partial charge in [-0.05, 0) is 26.0 Å². The molecule has 20 heavy (non-hydrogen) atoms. The molecule has 0 atom stereocenters. The molecule has 0 saturated carbocycles. The zero-order chi connectivity index (χ0) is 14.4. The van der Waals surface area contributed by atoms with E-state index < -0.39 is 0 Å². The van der Waals surface area contributed by atoms with Crippen molar-refractivity contribution in [3.05, 3.63) is 41.9 Å². The topological polar surface area (TPSA) is 63.8 Å². The number of nitrogens with zero attached hydrogens (tertiary/aromatic N) is 2. The van der Waals surface area contributed by atoms with Crippen LogP contribution in [-0.2, 0) is 6.42 Å². The summed E-state index contributed by atoms with van der Waals surface area (Å²) in [6, 6.07) is 8.38. The highest BCUT2D eigenvalue weighted by Gasteiger charge is 2.09. The summed E-state index contributed by atoms with van der Waals surface area (Å²) in [4.78, 5) is 9.06. The average Bonchev–Trinajstić information content (AvgIpc) is 2.48. The van der Waals surface area contributed by atoms with Crippen molar-refractivity contribution in [2.45, 2.75) is 26.7 Å². The molecule has 1 aromatic heterocycles. The molecular weight excluding hydrogens is 248 g/mol. The minimum atomic E-state index is 0.681. The van der Waals surface area contributed by atoms with Crippen molar-refractivity contribution in [2.75, 3.05) is 18.4 Å². The molecule has 0 saturated heterocycles. The van der Waals surface area contributed by atoms with Gasteiger partial charge < -0.3 is 11.1 Å². The molecular formula is C16H22N4. The molecule has 0 unspecified atom stereocenters. The van der Waals surface area contributed by atoms with Crippen molar-refractivity contribution in [1.82, 2.24) is 9.97 Å². The van der Waals surface area contributed by atoms with E-state index >= 15 is 0 Å². The Labute approximate surface area is 120 Å². The van der Waals surface area contributed by atoms with Gasteiger partial charge in [0.2, 0.25) is 0 Å². The minimum absolute atomic E-state index is 0.681. The summed E-state index contributed by atoms with van der Waals surface area (Å²) < 4.78 is 0. The molecule has 0 amide bonds. The third kappa shape index (κ3) is 3.54. The number of rotatable bonds is 6. The molecule has 2 aromatic rings. The lowest BCUT2D eigenvalue weighted by Gasteiger charge is -2.12. The lowest BCUT2D eigenvalue weighted by molar-refractivity contribution is 0.869. The van der Waals surface area contributed by atoms with Crippen LogP contribution in [0.5, 0.6) is 0 Å². The maximum Gasteiger partial charge on any atom is 0.128 e. The van der Waals surface area contributed by atoms with Gasteiger partial charge in [-0.1, -0.05) is 30.7 Å². The van der Waals surface area contributed by atoms with Crippen molar-refractivity contribution in [3.63, 3.8) is 0 Å². The predicted octanol–water partition coefficient (Wildman–Crippen LogP) is 2.78. The van der Waals surface area contributed by atoms with Crippen LogP contribution >= 0.6 is 0 Å². The molecule has 2 rings (SSSR count). The fourth-order valence-electron chi connectivity index (χ4n) is 2.06. The zero-order valence-corrected chi connectivity index (χ0v) is 12.2. The number of aromatic nitrogens is 2. The van der Waals surface area contributed by atoms with Crippen LogP contribution in [0, 0.1) is 6.92 Å². The Bertz CT molecular complexity index is 566. The summed E-state index contributed by atoms with van der Waals surface area (Å²) in [5.41, 5.74) is 9.83. The Morgan fingerprint density at radius 3 is 2.85 bits per heavy atom. The average molecular weight is 270 g/mol. The quantitative estimate of drug-likeness (QED) is 0.792. The fraction of sp³-hybridized carbons (Fsp3) is 0.375. The second-order valence-corrected chi connectivity index (χ2v) is 4.84. The van der Waals surface area contributed by atoms with Crippen LogP contribution in [0.15, 0.2) is 30.5 Å². The smallest absolute Gasteiger partial charge is 0.128 e. The number of hydrogen-bond donors (Lipinski definition) is 2. The highest BCUT2D eigenvalue weighted by molar-refractivity contribution is 5.73. The van der Waals surface area contributed by atoms with E-state index in [-0.39, 0.29) is 0 Å². The SMILES string of the molecule is CCc1ncc(NCCCN)c(-c2cccc(C)c2)n1. The summed E-state index contributed by atoms with van der Waals surface area (Å²) >= 11 is 0. The lowest BCUT2D eigenvalue weighted by Crippen LogP contribution is -2.10. The third-order valence-corrected chi connectivity index (χ3v) is 3.14. The second-order valence-electron chi connectivity index (χ2n) is 4.84. The molecule has 3 N–H and O–H groups in total. The van der Waals surface area contributed by atoms with Gasteiger partial charge in [0.1, 0.15) is 5.82 Å². The number of anilines is 1. The summed E-state index contributed by atoms with van der Waals surface area (Å²) in [6.45, 7) is 5.68. The van der Waals surface area contributed by atoms with Gasteiger partial charge in [-0.2, -0.15) is 0 Å². The predicted molar refractivity (Wildman–Crippen MR) is 83.7 cm³/mol. The Kier molecular flexibility index (Phi) is 5.07. The molecule has 0 aliphatic carbocycles. The van der Waals surface area contributed by atoms with E-state index in [9.17, 15) is 0 Å². The standard InChI is InChI=1S/C16H22N4/c1-3-15-19-11-14(18-9-5-8-17)16(20-15)13-7-4-6-12(2)10-13/h4,6-7,10-11,18H,3,5,8-9,17H2,1-2H3. The minimum Gasteiger partial charge on any atom is -0.382 e. The van der Waals surface area contributed by atoms with E-state index in [0.29, 0.717) is 6.54 Å². The van der Waals surface area contributed by atoms with Crippen LogP contribution < -0.4 is 11.1 Å². The number of nitrogens with one attached hydrogen (secondary N) is 1. The van der Waals surface area contributed by atoms with E-state index in [1.165, 1.54) is 5.56 Å². The van der Waals surface area contributed by atoms with Crippen LogP contribution in [0.2, 0.25) is 0 Å². The Balaban J connectivity index is 2.36. The van der Waals surface area contributed by atoms with Gasteiger partial charge in [-0.15, -0.1) is 0 Å². The van der Waals surface area contributed by atoms with Gasteiger partial charge in [0.25, 0.3) is 0 Å². The van der Waals surface area contributed by atoms with Crippen molar-refractivity contribution in [3.8, 4) is 11.3 Å². The van der Waals surface area contributed by atoms with Gasteiger partial charge in [-0.3, -0.25) is 0 Å². The first-order valence-corrected chi connectivity index (χ1v) is 7.11. The molecule has 0 spiro atoms. The number of nitrogens with two attached hydrogens (primary N) is 1. The maximum atomic E-state index is 5.54. The molecule has 106 valence electrons. The van der Waals surface area contributed by atoms with Gasteiger partial charge in [0, 0.05) is 18.5 Å². The number of benzene rings is 1. The third-order valence-electron chi connectivity index (χ3n) is 3.14. The molecule has 1 aromatic carbocycles. The molecule has 0 radical (unpaired) electrons. The van der Waals surface area contributed by atoms with Crippen molar-refractivity contribution < 1.29 is 0 Å². The van der Waals surface area contributed by atoms with Crippen LogP contribution in [0.1, 0.15) is 24.7 Å². The van der Waals surface area contributed by atoms with Crippen LogP contribution in [0.25, 0.3) is 11.3 Å². The summed E-state index contributed by atoms with van der Waals surface area (Å²) in [7, 11) is 0. The van der Waals surface area contributed by atoms with E-state index in [1.54, 1.807) is 0 Å². The molecule has 0 aliphatic rings.